The van der Waals surface area contributed by atoms with Crippen molar-refractivity contribution in [2.75, 3.05) is 13.1 Å². The summed E-state index contributed by atoms with van der Waals surface area (Å²) in [5.74, 6) is -2.15. The molecule has 1 saturated heterocycles. The topological polar surface area (TPSA) is 127 Å². The van der Waals surface area contributed by atoms with Gasteiger partial charge in [-0.3, -0.25) is 19.3 Å². The molecule has 2 fully saturated rings. The maximum Gasteiger partial charge on any atom is 0.437 e. The van der Waals surface area contributed by atoms with Gasteiger partial charge in [-0.1, -0.05) is 58.7 Å². The zero-order valence-corrected chi connectivity index (χ0v) is 24.9. The van der Waals surface area contributed by atoms with E-state index in [1.165, 1.54) is 12.8 Å². The smallest absolute Gasteiger partial charge is 0.384 e. The van der Waals surface area contributed by atoms with Gasteiger partial charge in [-0.15, -0.1) is 5.10 Å². The van der Waals surface area contributed by atoms with Crippen molar-refractivity contribution in [2.45, 2.75) is 97.8 Å². The highest BCUT2D eigenvalue weighted by Crippen LogP contribution is 2.26. The number of hydrogen-bond donors (Lipinski definition) is 2. The molecule has 0 unspecified atom stereocenters. The number of nitrogens with one attached hydrogen (secondary N) is 2. The van der Waals surface area contributed by atoms with E-state index >= 15 is 0 Å². The Hall–Kier alpha value is -3.27. The Bertz CT molecular complexity index is 1260. The number of carbonyl (C=O) groups excluding carboxylic acids is 3. The van der Waals surface area contributed by atoms with Crippen LogP contribution < -0.4 is 16.4 Å². The van der Waals surface area contributed by atoms with Gasteiger partial charge in [0.2, 0.25) is 11.7 Å². The fourth-order valence-electron chi connectivity index (χ4n) is 5.92. The van der Waals surface area contributed by atoms with Crippen LogP contribution >= 0.6 is 0 Å². The molecular formula is C31H45N5O5. The SMILES string of the molecule is CC(C)C[C@H](NC(=O)[C@@H]1CCCC[C@@H]1NC(=O)c1ccccc1CN1CCCC1)C(=O)c1nn(CC(C)C)c(=O)o1. The summed E-state index contributed by atoms with van der Waals surface area (Å²) in [6, 6.07) is 6.46. The van der Waals surface area contributed by atoms with E-state index in [0.29, 0.717) is 31.4 Å². The normalized spacial score (nSPS) is 20.3. The zero-order chi connectivity index (χ0) is 29.5. The Morgan fingerprint density at radius 3 is 2.41 bits per heavy atom. The average molecular weight is 568 g/mol. The fourth-order valence-corrected chi connectivity index (χ4v) is 5.92. The first kappa shape index (κ1) is 30.7. The minimum atomic E-state index is -0.882. The minimum Gasteiger partial charge on any atom is -0.384 e. The third-order valence-electron chi connectivity index (χ3n) is 7.97. The van der Waals surface area contributed by atoms with Crippen molar-refractivity contribution in [1.29, 1.82) is 0 Å². The van der Waals surface area contributed by atoms with E-state index in [1.54, 1.807) is 0 Å². The predicted octanol–water partition coefficient (Wildman–Crippen LogP) is 3.79. The Morgan fingerprint density at radius 2 is 1.71 bits per heavy atom. The van der Waals surface area contributed by atoms with Gasteiger partial charge in [0.1, 0.15) is 0 Å². The van der Waals surface area contributed by atoms with Gasteiger partial charge < -0.3 is 15.1 Å². The number of ketones is 1. The number of Topliss-reactive ketones (excluding diaryl/α,β-unsaturated/α-hetero) is 1. The summed E-state index contributed by atoms with van der Waals surface area (Å²) in [5.41, 5.74) is 1.63. The van der Waals surface area contributed by atoms with E-state index in [0.717, 1.165) is 42.7 Å². The third-order valence-corrected chi connectivity index (χ3v) is 7.97. The number of rotatable bonds is 12. The third kappa shape index (κ3) is 8.15. The van der Waals surface area contributed by atoms with Crippen LogP contribution in [0.15, 0.2) is 33.5 Å². The first-order chi connectivity index (χ1) is 19.6. The number of aromatic nitrogens is 2. The Balaban J connectivity index is 1.46. The molecule has 1 saturated carbocycles. The van der Waals surface area contributed by atoms with Crippen molar-refractivity contribution in [3.8, 4) is 0 Å². The molecule has 10 heteroatoms. The lowest BCUT2D eigenvalue weighted by Crippen LogP contribution is -2.52. The molecule has 3 atom stereocenters. The summed E-state index contributed by atoms with van der Waals surface area (Å²) < 4.78 is 6.34. The molecule has 41 heavy (non-hydrogen) atoms. The molecule has 2 aliphatic rings. The Kier molecular flexibility index (Phi) is 10.5. The highest BCUT2D eigenvalue weighted by Gasteiger charge is 2.36. The average Bonchev–Trinajstić information content (AvgIpc) is 3.57. The van der Waals surface area contributed by atoms with E-state index in [4.69, 9.17) is 4.42 Å². The summed E-state index contributed by atoms with van der Waals surface area (Å²) in [5, 5.41) is 10.2. The van der Waals surface area contributed by atoms with E-state index in [-0.39, 0.29) is 35.6 Å². The van der Waals surface area contributed by atoms with Crippen LogP contribution in [0.25, 0.3) is 0 Å². The second-order valence-electron chi connectivity index (χ2n) is 12.4. The molecule has 10 nitrogen and oxygen atoms in total. The van der Waals surface area contributed by atoms with Crippen molar-refractivity contribution >= 4 is 17.6 Å². The maximum absolute atomic E-state index is 13.6. The molecule has 4 rings (SSSR count). The van der Waals surface area contributed by atoms with Gasteiger partial charge in [-0.2, -0.15) is 4.68 Å². The standard InChI is InChI=1S/C31H45N5O5/c1-20(2)17-26(27(37)30-34-36(18-21(3)4)31(40)41-30)33-29(39)24-13-7-8-14-25(24)32-28(38)23-12-6-5-11-22(23)19-35-15-9-10-16-35/h5-6,11-12,20-21,24-26H,7-10,13-19H2,1-4H3,(H,32,38)(H,33,39)/t24-,25+,26+/m1/s1. The van der Waals surface area contributed by atoms with Crippen LogP contribution in [0.5, 0.6) is 0 Å². The first-order valence-electron chi connectivity index (χ1n) is 15.2. The summed E-state index contributed by atoms with van der Waals surface area (Å²) in [4.78, 5) is 55.1. The zero-order valence-electron chi connectivity index (χ0n) is 24.9. The second kappa shape index (κ2) is 14.1. The fraction of sp³-hybridized carbons (Fsp3) is 0.645. The number of likely N-dealkylation sites (tertiary alicyclic amines) is 1. The molecule has 2 amide bonds. The van der Waals surface area contributed by atoms with Crippen LogP contribution in [0.2, 0.25) is 0 Å². The van der Waals surface area contributed by atoms with Gasteiger partial charge in [-0.25, -0.2) is 4.79 Å². The molecule has 2 N–H and O–H groups in total. The molecule has 1 aliphatic carbocycles. The monoisotopic (exact) mass is 567 g/mol. The van der Waals surface area contributed by atoms with Gasteiger partial charge in [0.05, 0.1) is 18.5 Å². The van der Waals surface area contributed by atoms with E-state index in [1.807, 2.05) is 52.0 Å². The predicted molar refractivity (Wildman–Crippen MR) is 155 cm³/mol. The Labute approximate surface area is 242 Å². The van der Waals surface area contributed by atoms with Crippen molar-refractivity contribution in [1.82, 2.24) is 25.3 Å². The lowest BCUT2D eigenvalue weighted by atomic mass is 9.83. The van der Waals surface area contributed by atoms with Crippen LogP contribution in [0.3, 0.4) is 0 Å². The van der Waals surface area contributed by atoms with Crippen molar-refractivity contribution in [3.63, 3.8) is 0 Å². The van der Waals surface area contributed by atoms with Crippen LogP contribution in [0.1, 0.15) is 99.2 Å². The van der Waals surface area contributed by atoms with Gasteiger partial charge in [0, 0.05) is 18.2 Å². The molecule has 1 aromatic heterocycles. The summed E-state index contributed by atoms with van der Waals surface area (Å²) in [7, 11) is 0. The highest BCUT2D eigenvalue weighted by atomic mass is 16.4. The summed E-state index contributed by atoms with van der Waals surface area (Å²) in [6.45, 7) is 11.0. The summed E-state index contributed by atoms with van der Waals surface area (Å²) in [6.07, 6.45) is 5.82. The number of hydrogen-bond acceptors (Lipinski definition) is 7. The molecule has 2 aromatic rings. The van der Waals surface area contributed by atoms with Gasteiger partial charge in [-0.05, 0) is 68.7 Å². The van der Waals surface area contributed by atoms with Crippen LogP contribution in [-0.4, -0.2) is 57.5 Å². The lowest BCUT2D eigenvalue weighted by molar-refractivity contribution is -0.127. The highest BCUT2D eigenvalue weighted by molar-refractivity contribution is 5.99. The van der Waals surface area contributed by atoms with Gasteiger partial charge in [0.15, 0.2) is 0 Å². The molecule has 1 aromatic carbocycles. The van der Waals surface area contributed by atoms with E-state index in [2.05, 4.69) is 20.6 Å². The summed E-state index contributed by atoms with van der Waals surface area (Å²) >= 11 is 0. The quantitative estimate of drug-likeness (QED) is 0.374. The number of carbonyl (C=O) groups is 3. The first-order valence-corrected chi connectivity index (χ1v) is 15.2. The molecule has 0 bridgehead atoms. The molecule has 224 valence electrons. The number of benzene rings is 1. The van der Waals surface area contributed by atoms with Crippen LogP contribution in [-0.2, 0) is 17.9 Å². The molecule has 2 heterocycles. The van der Waals surface area contributed by atoms with Crippen LogP contribution in [0, 0.1) is 17.8 Å². The van der Waals surface area contributed by atoms with Crippen molar-refractivity contribution in [3.05, 3.63) is 51.8 Å². The number of nitrogens with zero attached hydrogens (tertiary/aromatic N) is 3. The molecule has 0 spiro atoms. The largest absolute Gasteiger partial charge is 0.437 e. The van der Waals surface area contributed by atoms with Gasteiger partial charge >= 0.3 is 5.76 Å². The van der Waals surface area contributed by atoms with Crippen LogP contribution in [0.4, 0.5) is 0 Å². The Morgan fingerprint density at radius 1 is 1.00 bits per heavy atom. The molecule has 1 aliphatic heterocycles. The molecule has 0 radical (unpaired) electrons. The van der Waals surface area contributed by atoms with E-state index in [9.17, 15) is 19.2 Å². The number of amides is 2. The second-order valence-corrected chi connectivity index (χ2v) is 12.4. The molecular weight excluding hydrogens is 522 g/mol. The van der Waals surface area contributed by atoms with Crippen molar-refractivity contribution in [2.24, 2.45) is 17.8 Å². The van der Waals surface area contributed by atoms with E-state index < -0.39 is 23.5 Å². The maximum atomic E-state index is 13.6. The lowest BCUT2D eigenvalue weighted by Gasteiger charge is -2.32. The minimum absolute atomic E-state index is 0.0997. The van der Waals surface area contributed by atoms with Gasteiger partial charge in [0.25, 0.3) is 11.8 Å². The van der Waals surface area contributed by atoms with Crippen molar-refractivity contribution < 1.29 is 18.8 Å².